The Bertz CT molecular complexity index is 1610. The number of anilines is 2. The molecule has 0 aliphatic carbocycles. The molecular formula is C30H27F6N5O2. The van der Waals surface area contributed by atoms with Crippen molar-refractivity contribution in [2.45, 2.75) is 38.7 Å². The van der Waals surface area contributed by atoms with E-state index in [1.165, 1.54) is 36.5 Å². The third-order valence-electron chi connectivity index (χ3n) is 7.10. The molecule has 5 rings (SSSR count). The van der Waals surface area contributed by atoms with Crippen LogP contribution in [0, 0.1) is 5.92 Å². The van der Waals surface area contributed by atoms with Gasteiger partial charge in [-0.05, 0) is 74.8 Å². The Labute approximate surface area is 242 Å². The van der Waals surface area contributed by atoms with Crippen LogP contribution >= 0.6 is 0 Å². The van der Waals surface area contributed by atoms with E-state index in [0.29, 0.717) is 41.9 Å². The third-order valence-corrected chi connectivity index (χ3v) is 7.10. The summed E-state index contributed by atoms with van der Waals surface area (Å²) in [5.74, 6) is -0.00447. The van der Waals surface area contributed by atoms with Crippen molar-refractivity contribution in [3.05, 3.63) is 77.7 Å². The van der Waals surface area contributed by atoms with E-state index in [-0.39, 0.29) is 42.1 Å². The molecule has 13 heteroatoms. The van der Waals surface area contributed by atoms with Crippen molar-refractivity contribution in [2.75, 3.05) is 25.0 Å². The number of hydrogen-bond donors (Lipinski definition) is 1. The second-order valence-corrected chi connectivity index (χ2v) is 10.1. The molecule has 1 atom stereocenters. The Morgan fingerprint density at radius 3 is 2.49 bits per heavy atom. The normalized spacial score (nSPS) is 16.3. The molecule has 1 fully saturated rings. The van der Waals surface area contributed by atoms with Crippen molar-refractivity contribution in [1.29, 1.82) is 0 Å². The quantitative estimate of drug-likeness (QED) is 0.176. The van der Waals surface area contributed by atoms with Gasteiger partial charge in [0.2, 0.25) is 0 Å². The predicted molar refractivity (Wildman–Crippen MR) is 147 cm³/mol. The maximum atomic E-state index is 13.7. The van der Waals surface area contributed by atoms with Crippen LogP contribution in [0.5, 0.6) is 0 Å². The number of nitrogens with zero attached hydrogens (tertiary/aromatic N) is 4. The van der Waals surface area contributed by atoms with E-state index in [1.54, 1.807) is 13.0 Å². The molecule has 0 amide bonds. The Kier molecular flexibility index (Phi) is 8.54. The number of carbonyl (C=O) groups is 1. The summed E-state index contributed by atoms with van der Waals surface area (Å²) in [6, 6.07) is 11.1. The number of benzene rings is 2. The maximum absolute atomic E-state index is 13.7. The topological polar surface area (TPSA) is 80.2 Å². The Balaban J connectivity index is 1.53. The lowest BCUT2D eigenvalue weighted by molar-refractivity contribution is -0.150. The lowest BCUT2D eigenvalue weighted by Gasteiger charge is -2.31. The first-order valence-electron chi connectivity index (χ1n) is 13.6. The van der Waals surface area contributed by atoms with Crippen LogP contribution in [0.3, 0.4) is 0 Å². The van der Waals surface area contributed by atoms with Gasteiger partial charge in [-0.2, -0.15) is 26.3 Å². The molecule has 4 aromatic rings. The minimum absolute atomic E-state index is 0.186. The largest absolute Gasteiger partial charge is 0.466 e. The molecule has 2 aromatic carbocycles. The Morgan fingerprint density at radius 2 is 1.79 bits per heavy atom. The van der Waals surface area contributed by atoms with Gasteiger partial charge in [-0.15, -0.1) is 0 Å². The molecule has 1 saturated heterocycles. The summed E-state index contributed by atoms with van der Waals surface area (Å²) in [7, 11) is 0. The molecule has 0 spiro atoms. The highest BCUT2D eigenvalue weighted by Gasteiger charge is 2.34. The highest BCUT2D eigenvalue weighted by molar-refractivity contribution is 5.93. The third kappa shape index (κ3) is 7.04. The summed E-state index contributed by atoms with van der Waals surface area (Å²) >= 11 is 0. The number of rotatable bonds is 7. The molecule has 2 aromatic heterocycles. The van der Waals surface area contributed by atoms with Crippen LogP contribution in [-0.2, 0) is 28.4 Å². The van der Waals surface area contributed by atoms with Crippen LogP contribution in [0.4, 0.5) is 37.8 Å². The molecule has 1 unspecified atom stereocenters. The molecular weight excluding hydrogens is 576 g/mol. The number of pyridine rings is 1. The SMILES string of the molecule is CCOC(=O)C1CCCN(Cc2nc(Nc3ccc(C(F)(F)F)cc3)c3ccc(-c4ncccc4C(F)(F)F)cc3n2)C1. The second kappa shape index (κ2) is 12.2. The minimum Gasteiger partial charge on any atom is -0.466 e. The summed E-state index contributed by atoms with van der Waals surface area (Å²) < 4.78 is 85.6. The van der Waals surface area contributed by atoms with E-state index in [4.69, 9.17) is 4.74 Å². The number of aromatic nitrogens is 3. The van der Waals surface area contributed by atoms with Crippen LogP contribution in [0.1, 0.15) is 36.7 Å². The standard InChI is InChI=1S/C30H27F6N5O2/c1-2-43-28(42)19-5-4-14-41(16-19)17-25-39-24-15-18(26-23(30(34,35)36)6-3-13-37-26)7-12-22(24)27(40-25)38-21-10-8-20(9-11-21)29(31,32)33/h3,6-13,15,19H,2,4-5,14,16-17H2,1H3,(H,38,39,40). The average molecular weight is 604 g/mol. The van der Waals surface area contributed by atoms with Gasteiger partial charge >= 0.3 is 18.3 Å². The van der Waals surface area contributed by atoms with E-state index < -0.39 is 23.5 Å². The Morgan fingerprint density at radius 1 is 1.02 bits per heavy atom. The molecule has 1 aliphatic heterocycles. The molecule has 0 radical (unpaired) electrons. The molecule has 1 aliphatic rings. The summed E-state index contributed by atoms with van der Waals surface area (Å²) in [5, 5.41) is 3.48. The van der Waals surface area contributed by atoms with Crippen LogP contribution in [-0.4, -0.2) is 45.5 Å². The van der Waals surface area contributed by atoms with Crippen LogP contribution in [0.15, 0.2) is 60.8 Å². The first kappa shape index (κ1) is 30.2. The number of ether oxygens (including phenoxy) is 1. The number of fused-ring (bicyclic) bond motifs is 1. The van der Waals surface area contributed by atoms with Gasteiger partial charge < -0.3 is 10.1 Å². The van der Waals surface area contributed by atoms with Gasteiger partial charge in [0.15, 0.2) is 0 Å². The number of esters is 1. The zero-order chi connectivity index (χ0) is 30.8. The average Bonchev–Trinajstić information content (AvgIpc) is 2.96. The zero-order valence-electron chi connectivity index (χ0n) is 23.0. The number of likely N-dealkylation sites (tertiary alicyclic amines) is 1. The van der Waals surface area contributed by atoms with Gasteiger partial charge in [-0.1, -0.05) is 6.07 Å². The van der Waals surface area contributed by atoms with Crippen LogP contribution in [0.2, 0.25) is 0 Å². The smallest absolute Gasteiger partial charge is 0.418 e. The second-order valence-electron chi connectivity index (χ2n) is 10.1. The highest BCUT2D eigenvalue weighted by atomic mass is 19.4. The molecule has 1 N–H and O–H groups in total. The zero-order valence-corrected chi connectivity index (χ0v) is 23.0. The molecule has 3 heterocycles. The number of hydrogen-bond acceptors (Lipinski definition) is 7. The number of halogens is 6. The number of piperidine rings is 1. The van der Waals surface area contributed by atoms with Crippen molar-refractivity contribution in [3.8, 4) is 11.3 Å². The lowest BCUT2D eigenvalue weighted by atomic mass is 9.98. The number of alkyl halides is 6. The van der Waals surface area contributed by atoms with Crippen molar-refractivity contribution in [2.24, 2.45) is 5.92 Å². The van der Waals surface area contributed by atoms with Crippen LogP contribution < -0.4 is 5.32 Å². The van der Waals surface area contributed by atoms with Gasteiger partial charge in [-0.3, -0.25) is 14.7 Å². The number of nitrogens with one attached hydrogen (secondary N) is 1. The van der Waals surface area contributed by atoms with Gasteiger partial charge in [0.05, 0.1) is 41.4 Å². The maximum Gasteiger partial charge on any atom is 0.418 e. The molecule has 0 bridgehead atoms. The summed E-state index contributed by atoms with van der Waals surface area (Å²) in [4.78, 5) is 27.6. The minimum atomic E-state index is -4.63. The van der Waals surface area contributed by atoms with Gasteiger partial charge in [0.25, 0.3) is 0 Å². The summed E-state index contributed by atoms with van der Waals surface area (Å²) in [6.45, 7) is 3.34. The van der Waals surface area contributed by atoms with E-state index in [0.717, 1.165) is 24.6 Å². The van der Waals surface area contributed by atoms with E-state index in [1.807, 2.05) is 4.90 Å². The van der Waals surface area contributed by atoms with Crippen molar-refractivity contribution in [3.63, 3.8) is 0 Å². The molecule has 7 nitrogen and oxygen atoms in total. The fourth-order valence-corrected chi connectivity index (χ4v) is 5.09. The van der Waals surface area contributed by atoms with Crippen molar-refractivity contribution >= 4 is 28.4 Å². The lowest BCUT2D eigenvalue weighted by Crippen LogP contribution is -2.39. The number of carbonyl (C=O) groups excluding carboxylic acids is 1. The van der Waals surface area contributed by atoms with Crippen LogP contribution in [0.25, 0.3) is 22.2 Å². The molecule has 0 saturated carbocycles. The van der Waals surface area contributed by atoms with Gasteiger partial charge in [0.1, 0.15) is 11.6 Å². The fourth-order valence-electron chi connectivity index (χ4n) is 5.09. The summed E-state index contributed by atoms with van der Waals surface area (Å²) in [5.41, 5.74) is -1.14. The first-order chi connectivity index (χ1) is 20.4. The first-order valence-corrected chi connectivity index (χ1v) is 13.6. The molecule has 226 valence electrons. The molecule has 43 heavy (non-hydrogen) atoms. The van der Waals surface area contributed by atoms with E-state index >= 15 is 0 Å². The van der Waals surface area contributed by atoms with Gasteiger partial charge in [-0.25, -0.2) is 9.97 Å². The monoisotopic (exact) mass is 603 g/mol. The summed E-state index contributed by atoms with van der Waals surface area (Å²) in [6.07, 6.45) is -6.43. The predicted octanol–water partition coefficient (Wildman–Crippen LogP) is 7.25. The fraction of sp³-hybridized carbons (Fsp3) is 0.333. The van der Waals surface area contributed by atoms with E-state index in [9.17, 15) is 31.1 Å². The highest BCUT2D eigenvalue weighted by Crippen LogP contribution is 2.37. The van der Waals surface area contributed by atoms with E-state index in [2.05, 4.69) is 20.3 Å². The van der Waals surface area contributed by atoms with Crippen molar-refractivity contribution in [1.82, 2.24) is 19.9 Å². The Hall–Kier alpha value is -4.26. The van der Waals surface area contributed by atoms with Gasteiger partial charge in [0, 0.05) is 29.4 Å². The van der Waals surface area contributed by atoms with Crippen molar-refractivity contribution < 1.29 is 35.9 Å².